The molecule has 2 N–H and O–H groups in total. The maximum atomic E-state index is 5.93. The molecular weight excluding hydrogens is 505 g/mol. The van der Waals surface area contributed by atoms with E-state index in [2.05, 4.69) is 53.5 Å². The molecule has 1 aliphatic rings. The first kappa shape index (κ1) is 25.8. The quantitative estimate of drug-likeness (QED) is 0.165. The Morgan fingerprint density at radius 3 is 2.50 bits per heavy atom. The van der Waals surface area contributed by atoms with Crippen LogP contribution in [-0.2, 0) is 0 Å². The van der Waals surface area contributed by atoms with Gasteiger partial charge in [0.05, 0.1) is 0 Å². The molecule has 1 aromatic carbocycles. The molecule has 28 heavy (non-hydrogen) atoms. The SMILES string of the molecule is CCNC(=NCC(C)CN1CCN(C)CC1)NCCSc1ccc(Cl)cc1.I. The van der Waals surface area contributed by atoms with Gasteiger partial charge in [0.1, 0.15) is 0 Å². The number of benzene rings is 1. The van der Waals surface area contributed by atoms with Crippen molar-refractivity contribution in [2.24, 2.45) is 10.9 Å². The highest BCUT2D eigenvalue weighted by Crippen LogP contribution is 2.19. The molecular formula is C20H35ClIN5S. The average molecular weight is 540 g/mol. The van der Waals surface area contributed by atoms with Crippen molar-refractivity contribution in [1.82, 2.24) is 20.4 Å². The van der Waals surface area contributed by atoms with Crippen LogP contribution < -0.4 is 10.6 Å². The second-order valence-electron chi connectivity index (χ2n) is 7.16. The summed E-state index contributed by atoms with van der Waals surface area (Å²) in [4.78, 5) is 11.0. The summed E-state index contributed by atoms with van der Waals surface area (Å²) in [6.07, 6.45) is 0. The summed E-state index contributed by atoms with van der Waals surface area (Å²) >= 11 is 7.75. The van der Waals surface area contributed by atoms with Crippen molar-refractivity contribution < 1.29 is 0 Å². The lowest BCUT2D eigenvalue weighted by atomic mass is 10.1. The Kier molecular flexibility index (Phi) is 13.6. The molecule has 8 heteroatoms. The van der Waals surface area contributed by atoms with Crippen molar-refractivity contribution in [2.75, 3.05) is 65.2 Å². The number of thioether (sulfide) groups is 1. The fourth-order valence-corrected chi connectivity index (χ4v) is 3.88. The number of nitrogens with one attached hydrogen (secondary N) is 2. The van der Waals surface area contributed by atoms with Gasteiger partial charge in [0.25, 0.3) is 0 Å². The molecule has 0 spiro atoms. The van der Waals surface area contributed by atoms with Gasteiger partial charge >= 0.3 is 0 Å². The summed E-state index contributed by atoms with van der Waals surface area (Å²) < 4.78 is 0. The number of aliphatic imine (C=N–C) groups is 1. The van der Waals surface area contributed by atoms with Crippen LogP contribution in [0.5, 0.6) is 0 Å². The summed E-state index contributed by atoms with van der Waals surface area (Å²) in [6.45, 7) is 12.8. The number of hydrogen-bond donors (Lipinski definition) is 2. The number of piperazine rings is 1. The van der Waals surface area contributed by atoms with E-state index in [0.717, 1.165) is 42.9 Å². The maximum absolute atomic E-state index is 5.93. The number of hydrogen-bond acceptors (Lipinski definition) is 4. The van der Waals surface area contributed by atoms with Gasteiger partial charge in [0, 0.05) is 68.0 Å². The molecule has 1 atom stereocenters. The van der Waals surface area contributed by atoms with E-state index in [9.17, 15) is 0 Å². The summed E-state index contributed by atoms with van der Waals surface area (Å²) in [6, 6.07) is 7.99. The fraction of sp³-hybridized carbons (Fsp3) is 0.650. The van der Waals surface area contributed by atoms with E-state index in [0.29, 0.717) is 5.92 Å². The number of guanidine groups is 1. The van der Waals surface area contributed by atoms with Crippen LogP contribution in [0.4, 0.5) is 0 Å². The standard InChI is InChI=1S/C20H34ClN5S.HI/c1-4-22-20(23-9-14-27-19-7-5-18(21)6-8-19)24-15-17(2)16-26-12-10-25(3)11-13-26;/h5-8,17H,4,9-16H2,1-3H3,(H2,22,23,24);1H. The van der Waals surface area contributed by atoms with Crippen LogP contribution >= 0.6 is 47.3 Å². The van der Waals surface area contributed by atoms with Gasteiger partial charge in [0.2, 0.25) is 0 Å². The molecule has 160 valence electrons. The molecule has 0 aliphatic carbocycles. The third-order valence-electron chi connectivity index (χ3n) is 4.55. The molecule has 0 saturated carbocycles. The van der Waals surface area contributed by atoms with Gasteiger partial charge < -0.3 is 20.4 Å². The Hall–Kier alpha value is -0.220. The summed E-state index contributed by atoms with van der Waals surface area (Å²) in [5.74, 6) is 2.47. The molecule has 5 nitrogen and oxygen atoms in total. The van der Waals surface area contributed by atoms with Crippen molar-refractivity contribution >= 4 is 53.3 Å². The summed E-state index contributed by atoms with van der Waals surface area (Å²) in [5, 5.41) is 7.57. The average Bonchev–Trinajstić information content (AvgIpc) is 2.66. The first-order valence-electron chi connectivity index (χ1n) is 9.88. The number of likely N-dealkylation sites (N-methyl/N-ethyl adjacent to an activating group) is 1. The minimum absolute atomic E-state index is 0. The molecule has 1 aromatic rings. The van der Waals surface area contributed by atoms with E-state index in [1.54, 1.807) is 0 Å². The predicted molar refractivity (Wildman–Crippen MR) is 135 cm³/mol. The smallest absolute Gasteiger partial charge is 0.191 e. The van der Waals surface area contributed by atoms with Crippen LogP contribution in [0.1, 0.15) is 13.8 Å². The van der Waals surface area contributed by atoms with E-state index in [4.69, 9.17) is 16.6 Å². The Morgan fingerprint density at radius 2 is 1.86 bits per heavy atom. The first-order valence-corrected chi connectivity index (χ1v) is 11.2. The molecule has 1 fully saturated rings. The van der Waals surface area contributed by atoms with Crippen molar-refractivity contribution in [2.45, 2.75) is 18.7 Å². The number of halogens is 2. The first-order chi connectivity index (χ1) is 13.1. The predicted octanol–water partition coefficient (Wildman–Crippen LogP) is 3.49. The van der Waals surface area contributed by atoms with Crippen molar-refractivity contribution in [1.29, 1.82) is 0 Å². The summed E-state index contributed by atoms with van der Waals surface area (Å²) in [7, 11) is 2.20. The lowest BCUT2D eigenvalue weighted by Crippen LogP contribution is -2.46. The molecule has 1 aliphatic heterocycles. The Morgan fingerprint density at radius 1 is 1.18 bits per heavy atom. The minimum Gasteiger partial charge on any atom is -0.357 e. The lowest BCUT2D eigenvalue weighted by molar-refractivity contribution is 0.140. The summed E-state index contributed by atoms with van der Waals surface area (Å²) in [5.41, 5.74) is 0. The molecule has 1 saturated heterocycles. The molecule has 0 bridgehead atoms. The van der Waals surface area contributed by atoms with Crippen LogP contribution in [0, 0.1) is 5.92 Å². The Bertz CT molecular complexity index is 564. The molecule has 2 rings (SSSR count). The normalized spacial score (nSPS) is 17.1. The highest BCUT2D eigenvalue weighted by Gasteiger charge is 2.15. The van der Waals surface area contributed by atoms with Crippen molar-refractivity contribution in [3.05, 3.63) is 29.3 Å². The highest BCUT2D eigenvalue weighted by atomic mass is 127. The van der Waals surface area contributed by atoms with Crippen LogP contribution in [0.15, 0.2) is 34.2 Å². The van der Waals surface area contributed by atoms with Crippen molar-refractivity contribution in [3.63, 3.8) is 0 Å². The lowest BCUT2D eigenvalue weighted by Gasteiger charge is -2.33. The van der Waals surface area contributed by atoms with E-state index in [1.807, 2.05) is 23.9 Å². The van der Waals surface area contributed by atoms with Crippen LogP contribution in [0.3, 0.4) is 0 Å². The third-order valence-corrected chi connectivity index (χ3v) is 5.81. The zero-order chi connectivity index (χ0) is 19.5. The zero-order valence-corrected chi connectivity index (χ0v) is 21.2. The third kappa shape index (κ3) is 10.5. The monoisotopic (exact) mass is 539 g/mol. The van der Waals surface area contributed by atoms with Crippen LogP contribution in [0.2, 0.25) is 5.02 Å². The van der Waals surface area contributed by atoms with Crippen LogP contribution in [0.25, 0.3) is 0 Å². The van der Waals surface area contributed by atoms with Gasteiger partial charge in [-0.1, -0.05) is 18.5 Å². The van der Waals surface area contributed by atoms with Crippen LogP contribution in [-0.4, -0.2) is 80.9 Å². The number of nitrogens with zero attached hydrogens (tertiary/aromatic N) is 3. The van der Waals surface area contributed by atoms with E-state index in [1.165, 1.54) is 31.1 Å². The highest BCUT2D eigenvalue weighted by molar-refractivity contribution is 14.0. The van der Waals surface area contributed by atoms with E-state index >= 15 is 0 Å². The van der Waals surface area contributed by atoms with Gasteiger partial charge in [0.15, 0.2) is 5.96 Å². The largest absolute Gasteiger partial charge is 0.357 e. The van der Waals surface area contributed by atoms with Crippen molar-refractivity contribution in [3.8, 4) is 0 Å². The molecule has 1 unspecified atom stereocenters. The second kappa shape index (κ2) is 14.7. The zero-order valence-electron chi connectivity index (χ0n) is 17.3. The van der Waals surface area contributed by atoms with Gasteiger partial charge in [-0.15, -0.1) is 35.7 Å². The Labute approximate surface area is 197 Å². The fourth-order valence-electron chi connectivity index (χ4n) is 2.99. The second-order valence-corrected chi connectivity index (χ2v) is 8.76. The molecule has 0 radical (unpaired) electrons. The van der Waals surface area contributed by atoms with E-state index in [-0.39, 0.29) is 24.0 Å². The Balaban J connectivity index is 0.00000392. The van der Waals surface area contributed by atoms with Gasteiger partial charge in [-0.3, -0.25) is 4.99 Å². The molecule has 0 aromatic heterocycles. The van der Waals surface area contributed by atoms with E-state index < -0.39 is 0 Å². The van der Waals surface area contributed by atoms with Gasteiger partial charge in [-0.05, 0) is 44.2 Å². The molecule has 1 heterocycles. The van der Waals surface area contributed by atoms with Gasteiger partial charge in [-0.2, -0.15) is 0 Å². The van der Waals surface area contributed by atoms with Gasteiger partial charge in [-0.25, -0.2) is 0 Å². The number of rotatable bonds is 9. The minimum atomic E-state index is 0. The topological polar surface area (TPSA) is 42.9 Å². The maximum Gasteiger partial charge on any atom is 0.191 e. The molecule has 0 amide bonds.